The normalized spacial score (nSPS) is 42.8. The summed E-state index contributed by atoms with van der Waals surface area (Å²) >= 11 is 0. The predicted molar refractivity (Wildman–Crippen MR) is 40.6 cm³/mol. The summed E-state index contributed by atoms with van der Waals surface area (Å²) in [5.74, 6) is 0.858. The molecule has 0 aromatic carbocycles. The topological polar surface area (TPSA) is 9.23 Å². The molecule has 2 aliphatic rings. The Balaban J connectivity index is 0.000000605. The molecule has 0 aromatic rings. The first-order chi connectivity index (χ1) is 4.86. The molecule has 0 N–H and O–H groups in total. The van der Waals surface area contributed by atoms with Crippen LogP contribution in [0.25, 0.3) is 0 Å². The maximum Gasteiger partial charge on any atom is 0.0571 e. The van der Waals surface area contributed by atoms with Crippen LogP contribution in [0, 0.1) is 12.8 Å². The molecule has 0 aromatic heterocycles. The molecule has 1 nitrogen and oxygen atoms in total. The van der Waals surface area contributed by atoms with Gasteiger partial charge in [0, 0.05) is 32.7 Å². The Labute approximate surface area is 94.1 Å². The number of ether oxygens (including phenoxy) is 1. The van der Waals surface area contributed by atoms with E-state index in [9.17, 15) is 0 Å². The van der Waals surface area contributed by atoms with Crippen LogP contribution in [0.4, 0.5) is 0 Å². The summed E-state index contributed by atoms with van der Waals surface area (Å²) in [5, 5.41) is 0. The van der Waals surface area contributed by atoms with Crippen molar-refractivity contribution in [2.24, 2.45) is 5.92 Å². The number of hydrogen-bond donors (Lipinski definition) is 0. The first-order valence-corrected chi connectivity index (χ1v) is 4.35. The van der Waals surface area contributed by atoms with Crippen LogP contribution in [0.2, 0.25) is 0 Å². The Morgan fingerprint density at radius 1 is 1.18 bits per heavy atom. The molecule has 1 aliphatic carbocycles. The molecule has 1 saturated carbocycles. The van der Waals surface area contributed by atoms with Gasteiger partial charge in [-0.1, -0.05) is 18.9 Å². The fourth-order valence-electron chi connectivity index (χ4n) is 2.26. The molecule has 0 amide bonds. The SMILES string of the molecule is [CH2-]C1CC2CCCCC2O1.[Y]. The van der Waals surface area contributed by atoms with E-state index >= 15 is 0 Å². The van der Waals surface area contributed by atoms with Gasteiger partial charge in [-0.05, 0) is 25.2 Å². The van der Waals surface area contributed by atoms with Crippen molar-refractivity contribution in [2.45, 2.75) is 44.3 Å². The molecule has 0 bridgehead atoms. The van der Waals surface area contributed by atoms with E-state index in [1.54, 1.807) is 0 Å². The molecule has 2 fully saturated rings. The molecule has 1 aliphatic heterocycles. The number of hydrogen-bond acceptors (Lipinski definition) is 1. The minimum absolute atomic E-state index is 0. The Kier molecular flexibility index (Phi) is 4.01. The van der Waals surface area contributed by atoms with Crippen molar-refractivity contribution in [3.8, 4) is 0 Å². The Morgan fingerprint density at radius 2 is 1.91 bits per heavy atom. The van der Waals surface area contributed by atoms with Gasteiger partial charge in [0.1, 0.15) is 0 Å². The van der Waals surface area contributed by atoms with Crippen molar-refractivity contribution >= 4 is 0 Å². The fraction of sp³-hybridized carbons (Fsp3) is 0.889. The first-order valence-electron chi connectivity index (χ1n) is 4.35. The van der Waals surface area contributed by atoms with Gasteiger partial charge >= 0.3 is 0 Å². The molecule has 1 saturated heterocycles. The zero-order chi connectivity index (χ0) is 6.97. The zero-order valence-corrected chi connectivity index (χ0v) is 9.80. The van der Waals surface area contributed by atoms with E-state index in [-0.39, 0.29) is 32.7 Å². The summed E-state index contributed by atoms with van der Waals surface area (Å²) in [6.07, 6.45) is 7.55. The van der Waals surface area contributed by atoms with Crippen LogP contribution in [0.3, 0.4) is 0 Å². The molecular weight excluding hydrogens is 213 g/mol. The second-order valence-corrected chi connectivity index (χ2v) is 3.58. The molecule has 3 unspecified atom stereocenters. The van der Waals surface area contributed by atoms with E-state index < -0.39 is 0 Å². The third-order valence-corrected chi connectivity index (χ3v) is 2.77. The van der Waals surface area contributed by atoms with Gasteiger partial charge in [-0.3, -0.25) is 0 Å². The van der Waals surface area contributed by atoms with Crippen LogP contribution < -0.4 is 0 Å². The van der Waals surface area contributed by atoms with Crippen LogP contribution in [0.5, 0.6) is 0 Å². The smallest absolute Gasteiger partial charge is 0.0571 e. The standard InChI is InChI=1S/C9H15O.Y/c1-7-6-8-4-2-3-5-9(8)10-7;/h7-9H,1-6H2;/q-1;. The van der Waals surface area contributed by atoms with Crippen molar-refractivity contribution in [2.75, 3.05) is 0 Å². The van der Waals surface area contributed by atoms with Gasteiger partial charge in [0.05, 0.1) is 6.10 Å². The monoisotopic (exact) mass is 228 g/mol. The van der Waals surface area contributed by atoms with E-state index in [0.717, 1.165) is 5.92 Å². The minimum atomic E-state index is 0. The van der Waals surface area contributed by atoms with Gasteiger partial charge in [0.25, 0.3) is 0 Å². The van der Waals surface area contributed by atoms with Gasteiger partial charge in [-0.2, -0.15) is 0 Å². The average Bonchev–Trinajstić information content (AvgIpc) is 2.27. The first kappa shape index (κ1) is 10.1. The molecular formula is C9H15OY-. The van der Waals surface area contributed by atoms with Gasteiger partial charge in [0.2, 0.25) is 0 Å². The molecule has 2 heteroatoms. The van der Waals surface area contributed by atoms with Crippen LogP contribution >= 0.6 is 0 Å². The predicted octanol–water partition coefficient (Wildman–Crippen LogP) is 2.17. The maximum absolute atomic E-state index is 5.65. The summed E-state index contributed by atoms with van der Waals surface area (Å²) in [6.45, 7) is 3.94. The van der Waals surface area contributed by atoms with Crippen molar-refractivity contribution in [3.63, 3.8) is 0 Å². The largest absolute Gasteiger partial charge is 0.407 e. The second kappa shape index (κ2) is 4.34. The molecule has 1 radical (unpaired) electrons. The third-order valence-electron chi connectivity index (χ3n) is 2.77. The van der Waals surface area contributed by atoms with Crippen molar-refractivity contribution in [3.05, 3.63) is 6.92 Å². The third kappa shape index (κ3) is 2.26. The Bertz CT molecular complexity index is 113. The van der Waals surface area contributed by atoms with Gasteiger partial charge < -0.3 is 11.7 Å². The second-order valence-electron chi connectivity index (χ2n) is 3.58. The van der Waals surface area contributed by atoms with E-state index in [0.29, 0.717) is 12.2 Å². The summed E-state index contributed by atoms with van der Waals surface area (Å²) in [6, 6.07) is 0. The summed E-state index contributed by atoms with van der Waals surface area (Å²) in [7, 11) is 0. The van der Waals surface area contributed by atoms with E-state index in [1.165, 1.54) is 32.1 Å². The van der Waals surface area contributed by atoms with Gasteiger partial charge in [-0.25, -0.2) is 0 Å². The number of rotatable bonds is 0. The fourth-order valence-corrected chi connectivity index (χ4v) is 2.26. The van der Waals surface area contributed by atoms with Crippen LogP contribution in [-0.4, -0.2) is 12.2 Å². The zero-order valence-electron chi connectivity index (χ0n) is 6.96. The van der Waals surface area contributed by atoms with Gasteiger partial charge in [-0.15, -0.1) is 0 Å². The molecule has 0 spiro atoms. The van der Waals surface area contributed by atoms with E-state index in [1.807, 2.05) is 0 Å². The van der Waals surface area contributed by atoms with Crippen molar-refractivity contribution < 1.29 is 37.4 Å². The van der Waals surface area contributed by atoms with Crippen LogP contribution in [0.1, 0.15) is 32.1 Å². The molecule has 3 atom stereocenters. The maximum atomic E-state index is 5.65. The molecule has 2 rings (SSSR count). The minimum Gasteiger partial charge on any atom is -0.407 e. The summed E-state index contributed by atoms with van der Waals surface area (Å²) in [5.41, 5.74) is 0. The average molecular weight is 228 g/mol. The summed E-state index contributed by atoms with van der Waals surface area (Å²) in [4.78, 5) is 0. The quantitative estimate of drug-likeness (QED) is 0.577. The number of fused-ring (bicyclic) bond motifs is 1. The van der Waals surface area contributed by atoms with Crippen LogP contribution in [-0.2, 0) is 37.4 Å². The summed E-state index contributed by atoms with van der Waals surface area (Å²) < 4.78 is 5.65. The van der Waals surface area contributed by atoms with Crippen molar-refractivity contribution in [1.82, 2.24) is 0 Å². The van der Waals surface area contributed by atoms with Crippen LogP contribution in [0.15, 0.2) is 0 Å². The van der Waals surface area contributed by atoms with E-state index in [4.69, 9.17) is 4.74 Å². The Morgan fingerprint density at radius 3 is 2.64 bits per heavy atom. The Hall–Kier alpha value is 1.06. The molecule has 61 valence electrons. The molecule has 1 heterocycles. The van der Waals surface area contributed by atoms with Gasteiger partial charge in [0.15, 0.2) is 0 Å². The van der Waals surface area contributed by atoms with E-state index in [2.05, 4.69) is 6.92 Å². The van der Waals surface area contributed by atoms with Crippen molar-refractivity contribution in [1.29, 1.82) is 0 Å². The molecule has 11 heavy (non-hydrogen) atoms.